The average molecular weight is 254 g/mol. The molecular weight excluding hydrogens is 242 g/mol. The van der Waals surface area contributed by atoms with E-state index in [1.165, 1.54) is 0 Å². The van der Waals surface area contributed by atoms with Gasteiger partial charge in [-0.05, 0) is 6.07 Å². The van der Waals surface area contributed by atoms with E-state index >= 15 is 0 Å². The van der Waals surface area contributed by atoms with Crippen LogP contribution in [0.25, 0.3) is 10.9 Å². The van der Waals surface area contributed by atoms with Gasteiger partial charge in [0.15, 0.2) is 11.5 Å². The first-order valence-electron chi connectivity index (χ1n) is 4.96. The Kier molecular flexibility index (Phi) is 3.24. The van der Waals surface area contributed by atoms with Crippen molar-refractivity contribution in [3.63, 3.8) is 0 Å². The molecule has 0 unspecified atom stereocenters. The summed E-state index contributed by atoms with van der Waals surface area (Å²) < 4.78 is 15.9. The van der Waals surface area contributed by atoms with Gasteiger partial charge in [-0.3, -0.25) is 4.98 Å². The van der Waals surface area contributed by atoms with Gasteiger partial charge in [-0.2, -0.15) is 0 Å². The van der Waals surface area contributed by atoms with Crippen molar-refractivity contribution in [1.82, 2.24) is 4.98 Å². The highest BCUT2D eigenvalue weighted by atomic mass is 35.5. The molecule has 0 bridgehead atoms. The van der Waals surface area contributed by atoms with Crippen LogP contribution in [0, 0.1) is 0 Å². The summed E-state index contributed by atoms with van der Waals surface area (Å²) in [6.45, 7) is 0. The number of nitrogens with zero attached hydrogens (tertiary/aromatic N) is 1. The predicted octanol–water partition coefficient (Wildman–Crippen LogP) is 2.91. The van der Waals surface area contributed by atoms with Crippen LogP contribution < -0.4 is 14.2 Å². The van der Waals surface area contributed by atoms with Crippen molar-refractivity contribution in [2.45, 2.75) is 0 Å². The fourth-order valence-corrected chi connectivity index (χ4v) is 1.98. The average Bonchev–Trinajstić information content (AvgIpc) is 2.36. The number of rotatable bonds is 3. The molecule has 2 rings (SSSR count). The van der Waals surface area contributed by atoms with Gasteiger partial charge in [0.05, 0.1) is 37.3 Å². The zero-order valence-electron chi connectivity index (χ0n) is 9.78. The molecule has 4 nitrogen and oxygen atoms in total. The minimum atomic E-state index is 0.511. The molecule has 17 heavy (non-hydrogen) atoms. The standard InChI is InChI=1S/C12H12ClNO3/c1-15-9-6-8-10(7(13)4-5-14-8)12(17-3)11(9)16-2/h4-6H,1-3H3. The van der Waals surface area contributed by atoms with Gasteiger partial charge in [0, 0.05) is 12.3 Å². The summed E-state index contributed by atoms with van der Waals surface area (Å²) in [5, 5.41) is 1.28. The Morgan fingerprint density at radius 1 is 1.06 bits per heavy atom. The van der Waals surface area contributed by atoms with Crippen LogP contribution in [0.15, 0.2) is 18.3 Å². The van der Waals surface area contributed by atoms with E-state index in [0.29, 0.717) is 33.2 Å². The van der Waals surface area contributed by atoms with Crippen LogP contribution in [0.3, 0.4) is 0 Å². The first-order chi connectivity index (χ1) is 8.22. The second-order valence-electron chi connectivity index (χ2n) is 3.33. The second kappa shape index (κ2) is 4.67. The Morgan fingerprint density at radius 3 is 2.35 bits per heavy atom. The SMILES string of the molecule is COc1cc2nccc(Cl)c2c(OC)c1OC. The summed E-state index contributed by atoms with van der Waals surface area (Å²) in [6, 6.07) is 3.47. The van der Waals surface area contributed by atoms with Gasteiger partial charge < -0.3 is 14.2 Å². The maximum atomic E-state index is 6.15. The first kappa shape index (κ1) is 11.8. The molecule has 1 aromatic heterocycles. The van der Waals surface area contributed by atoms with Crippen molar-refractivity contribution in [1.29, 1.82) is 0 Å². The molecular formula is C12H12ClNO3. The molecule has 0 N–H and O–H groups in total. The van der Waals surface area contributed by atoms with Crippen molar-refractivity contribution in [3.05, 3.63) is 23.4 Å². The highest BCUT2D eigenvalue weighted by molar-refractivity contribution is 6.36. The number of fused-ring (bicyclic) bond motifs is 1. The van der Waals surface area contributed by atoms with Gasteiger partial charge in [-0.15, -0.1) is 0 Å². The lowest BCUT2D eigenvalue weighted by atomic mass is 10.1. The van der Waals surface area contributed by atoms with Crippen LogP contribution in [0.1, 0.15) is 0 Å². The quantitative estimate of drug-likeness (QED) is 0.843. The molecule has 2 aromatic rings. The number of halogens is 1. The van der Waals surface area contributed by atoms with E-state index in [1.54, 1.807) is 39.7 Å². The summed E-state index contributed by atoms with van der Waals surface area (Å²) in [4.78, 5) is 4.23. The minimum absolute atomic E-state index is 0.511. The van der Waals surface area contributed by atoms with Gasteiger partial charge in [-0.1, -0.05) is 11.6 Å². The Hall–Kier alpha value is -1.68. The van der Waals surface area contributed by atoms with Gasteiger partial charge in [-0.25, -0.2) is 0 Å². The molecule has 5 heteroatoms. The van der Waals surface area contributed by atoms with Gasteiger partial charge in [0.2, 0.25) is 5.75 Å². The molecule has 0 aliphatic carbocycles. The normalized spacial score (nSPS) is 10.4. The smallest absolute Gasteiger partial charge is 0.204 e. The Bertz CT molecular complexity index is 557. The first-order valence-corrected chi connectivity index (χ1v) is 5.34. The molecule has 1 aromatic carbocycles. The highest BCUT2D eigenvalue weighted by Gasteiger charge is 2.18. The van der Waals surface area contributed by atoms with Crippen LogP contribution in [0.5, 0.6) is 17.2 Å². The lowest BCUT2D eigenvalue weighted by molar-refractivity contribution is 0.327. The Balaban J connectivity index is 2.90. The molecule has 0 spiro atoms. The summed E-state index contributed by atoms with van der Waals surface area (Å²) in [5.41, 5.74) is 0.701. The van der Waals surface area contributed by atoms with E-state index in [4.69, 9.17) is 25.8 Å². The van der Waals surface area contributed by atoms with Gasteiger partial charge in [0.25, 0.3) is 0 Å². The summed E-state index contributed by atoms with van der Waals surface area (Å²) in [5.74, 6) is 1.60. The summed E-state index contributed by atoms with van der Waals surface area (Å²) in [7, 11) is 4.67. The lowest BCUT2D eigenvalue weighted by Gasteiger charge is -2.14. The zero-order valence-corrected chi connectivity index (χ0v) is 10.5. The van der Waals surface area contributed by atoms with E-state index in [9.17, 15) is 0 Å². The highest BCUT2D eigenvalue weighted by Crippen LogP contribution is 2.44. The number of ether oxygens (including phenoxy) is 3. The van der Waals surface area contributed by atoms with Crippen LogP contribution in [0.2, 0.25) is 5.02 Å². The molecule has 0 radical (unpaired) electrons. The molecule has 0 fully saturated rings. The molecule has 90 valence electrons. The fraction of sp³-hybridized carbons (Fsp3) is 0.250. The monoisotopic (exact) mass is 253 g/mol. The molecule has 0 aliphatic rings. The lowest BCUT2D eigenvalue weighted by Crippen LogP contribution is -1.97. The summed E-state index contributed by atoms with van der Waals surface area (Å²) >= 11 is 6.15. The molecule has 0 saturated carbocycles. The number of benzene rings is 1. The zero-order chi connectivity index (χ0) is 12.4. The maximum Gasteiger partial charge on any atom is 0.204 e. The number of hydrogen-bond donors (Lipinski definition) is 0. The Morgan fingerprint density at radius 2 is 1.76 bits per heavy atom. The molecule has 0 atom stereocenters. The number of hydrogen-bond acceptors (Lipinski definition) is 4. The predicted molar refractivity (Wildman–Crippen MR) is 66.4 cm³/mol. The van der Waals surface area contributed by atoms with Crippen molar-refractivity contribution in [3.8, 4) is 17.2 Å². The van der Waals surface area contributed by atoms with Crippen LogP contribution >= 0.6 is 11.6 Å². The topological polar surface area (TPSA) is 40.6 Å². The Labute approximate surface area is 104 Å². The van der Waals surface area contributed by atoms with E-state index in [-0.39, 0.29) is 0 Å². The number of pyridine rings is 1. The maximum absolute atomic E-state index is 6.15. The van der Waals surface area contributed by atoms with Crippen molar-refractivity contribution >= 4 is 22.5 Å². The molecule has 0 saturated heterocycles. The van der Waals surface area contributed by atoms with E-state index < -0.39 is 0 Å². The molecule has 0 amide bonds. The van der Waals surface area contributed by atoms with Crippen molar-refractivity contribution in [2.24, 2.45) is 0 Å². The number of aromatic nitrogens is 1. The largest absolute Gasteiger partial charge is 0.493 e. The number of methoxy groups -OCH3 is 3. The van der Waals surface area contributed by atoms with Crippen LogP contribution in [0.4, 0.5) is 0 Å². The van der Waals surface area contributed by atoms with E-state index in [1.807, 2.05) is 0 Å². The third-order valence-corrected chi connectivity index (χ3v) is 2.80. The minimum Gasteiger partial charge on any atom is -0.493 e. The fourth-order valence-electron chi connectivity index (χ4n) is 1.74. The van der Waals surface area contributed by atoms with E-state index in [2.05, 4.69) is 4.98 Å². The van der Waals surface area contributed by atoms with Crippen molar-refractivity contribution < 1.29 is 14.2 Å². The molecule has 1 heterocycles. The van der Waals surface area contributed by atoms with Gasteiger partial charge >= 0.3 is 0 Å². The van der Waals surface area contributed by atoms with Gasteiger partial charge in [0.1, 0.15) is 0 Å². The van der Waals surface area contributed by atoms with Crippen molar-refractivity contribution in [2.75, 3.05) is 21.3 Å². The third kappa shape index (κ3) is 1.85. The second-order valence-corrected chi connectivity index (χ2v) is 3.74. The molecule has 0 aliphatic heterocycles. The summed E-state index contributed by atoms with van der Waals surface area (Å²) in [6.07, 6.45) is 1.63. The van der Waals surface area contributed by atoms with Crippen LogP contribution in [-0.2, 0) is 0 Å². The van der Waals surface area contributed by atoms with E-state index in [0.717, 1.165) is 0 Å². The third-order valence-electron chi connectivity index (χ3n) is 2.48. The van der Waals surface area contributed by atoms with Crippen LogP contribution in [-0.4, -0.2) is 26.3 Å².